The van der Waals surface area contributed by atoms with Crippen molar-refractivity contribution in [3.05, 3.63) is 65.2 Å². The molecule has 1 fully saturated rings. The number of anilines is 1. The minimum Gasteiger partial charge on any atom is -0.349 e. The predicted molar refractivity (Wildman–Crippen MR) is 98.6 cm³/mol. The summed E-state index contributed by atoms with van der Waals surface area (Å²) in [7, 11) is 0. The summed E-state index contributed by atoms with van der Waals surface area (Å²) < 4.78 is 0. The first-order valence-corrected chi connectivity index (χ1v) is 8.57. The smallest absolute Gasteiger partial charge is 0.313 e. The largest absolute Gasteiger partial charge is 0.349 e. The van der Waals surface area contributed by atoms with Crippen LogP contribution in [-0.4, -0.2) is 23.8 Å². The van der Waals surface area contributed by atoms with Crippen molar-refractivity contribution in [3.63, 3.8) is 0 Å². The van der Waals surface area contributed by atoms with Crippen molar-refractivity contribution in [2.45, 2.75) is 32.4 Å². The molecule has 6 heteroatoms. The van der Waals surface area contributed by atoms with E-state index in [1.165, 1.54) is 0 Å². The van der Waals surface area contributed by atoms with Crippen molar-refractivity contribution in [2.24, 2.45) is 0 Å². The van der Waals surface area contributed by atoms with Crippen LogP contribution in [0.5, 0.6) is 0 Å². The van der Waals surface area contributed by atoms with Gasteiger partial charge in [-0.15, -0.1) is 0 Å². The van der Waals surface area contributed by atoms with Gasteiger partial charge in [-0.1, -0.05) is 42.0 Å². The lowest BCUT2D eigenvalue weighted by Gasteiger charge is -2.11. The number of carbonyl (C=O) groups is 3. The predicted octanol–water partition coefficient (Wildman–Crippen LogP) is 2.14. The molecule has 0 aliphatic heterocycles. The maximum Gasteiger partial charge on any atom is 0.313 e. The highest BCUT2D eigenvalue weighted by Crippen LogP contribution is 2.21. The number of nitrogens with one attached hydrogen (secondary N) is 3. The van der Waals surface area contributed by atoms with Crippen LogP contribution in [0.1, 0.15) is 34.3 Å². The molecule has 2 aromatic rings. The second-order valence-corrected chi connectivity index (χ2v) is 6.42. The zero-order chi connectivity index (χ0) is 18.5. The van der Waals surface area contributed by atoms with Gasteiger partial charge in [0.1, 0.15) is 0 Å². The Balaban J connectivity index is 1.59. The lowest BCUT2D eigenvalue weighted by atomic mass is 10.1. The summed E-state index contributed by atoms with van der Waals surface area (Å²) in [4.78, 5) is 36.4. The van der Waals surface area contributed by atoms with Gasteiger partial charge in [0, 0.05) is 12.6 Å². The van der Waals surface area contributed by atoms with Crippen LogP contribution in [0.4, 0.5) is 5.69 Å². The molecule has 3 N–H and O–H groups in total. The van der Waals surface area contributed by atoms with Crippen LogP contribution in [0.3, 0.4) is 0 Å². The third-order valence-electron chi connectivity index (χ3n) is 4.11. The number of benzene rings is 2. The van der Waals surface area contributed by atoms with Gasteiger partial charge in [-0.2, -0.15) is 0 Å². The molecule has 0 unspecified atom stereocenters. The first-order valence-electron chi connectivity index (χ1n) is 8.57. The molecule has 0 atom stereocenters. The van der Waals surface area contributed by atoms with Crippen LogP contribution in [0.15, 0.2) is 48.5 Å². The second-order valence-electron chi connectivity index (χ2n) is 6.42. The molecular formula is C20H21N3O3. The molecule has 0 aromatic heterocycles. The van der Waals surface area contributed by atoms with Crippen LogP contribution in [0.25, 0.3) is 0 Å². The maximum atomic E-state index is 12.2. The molecule has 1 aliphatic rings. The fraction of sp³-hybridized carbons (Fsp3) is 0.250. The second kappa shape index (κ2) is 7.82. The van der Waals surface area contributed by atoms with Gasteiger partial charge in [-0.3, -0.25) is 14.4 Å². The highest BCUT2D eigenvalue weighted by Gasteiger charge is 2.25. The summed E-state index contributed by atoms with van der Waals surface area (Å²) in [6, 6.07) is 14.5. The first-order chi connectivity index (χ1) is 12.5. The van der Waals surface area contributed by atoms with Gasteiger partial charge in [0.15, 0.2) is 0 Å². The molecule has 3 amide bonds. The Kier molecular flexibility index (Phi) is 5.31. The van der Waals surface area contributed by atoms with Gasteiger partial charge >= 0.3 is 11.8 Å². The molecule has 0 spiro atoms. The normalized spacial score (nSPS) is 13.0. The van der Waals surface area contributed by atoms with E-state index in [9.17, 15) is 14.4 Å². The molecular weight excluding hydrogens is 330 g/mol. The van der Waals surface area contributed by atoms with Gasteiger partial charge in [-0.05, 0) is 37.5 Å². The molecule has 6 nitrogen and oxygen atoms in total. The number of amides is 3. The van der Waals surface area contributed by atoms with Gasteiger partial charge in [0.25, 0.3) is 5.91 Å². The third-order valence-corrected chi connectivity index (χ3v) is 4.11. The van der Waals surface area contributed by atoms with Crippen LogP contribution < -0.4 is 16.0 Å². The Morgan fingerprint density at radius 3 is 2.35 bits per heavy atom. The average molecular weight is 351 g/mol. The van der Waals surface area contributed by atoms with Crippen molar-refractivity contribution >= 4 is 23.4 Å². The zero-order valence-electron chi connectivity index (χ0n) is 14.5. The molecule has 2 aromatic carbocycles. The van der Waals surface area contributed by atoms with Crippen LogP contribution >= 0.6 is 0 Å². The number of para-hydroxylation sites is 1. The summed E-state index contributed by atoms with van der Waals surface area (Å²) in [5.74, 6) is -1.80. The number of aryl methyl sites for hydroxylation is 1. The third kappa shape index (κ3) is 4.69. The molecule has 0 radical (unpaired) electrons. The minimum atomic E-state index is -0.802. The summed E-state index contributed by atoms with van der Waals surface area (Å²) >= 11 is 0. The van der Waals surface area contributed by atoms with E-state index in [1.54, 1.807) is 24.3 Å². The maximum absolute atomic E-state index is 12.2. The number of hydrogen-bond donors (Lipinski definition) is 3. The van der Waals surface area contributed by atoms with E-state index in [4.69, 9.17) is 0 Å². The van der Waals surface area contributed by atoms with E-state index in [0.29, 0.717) is 11.3 Å². The van der Waals surface area contributed by atoms with Gasteiger partial charge in [0.05, 0.1) is 11.3 Å². The minimum absolute atomic E-state index is 0.212. The van der Waals surface area contributed by atoms with Crippen molar-refractivity contribution in [1.29, 1.82) is 0 Å². The molecule has 3 rings (SSSR count). The number of carbonyl (C=O) groups excluding carboxylic acids is 3. The van der Waals surface area contributed by atoms with Gasteiger partial charge in [-0.25, -0.2) is 0 Å². The summed E-state index contributed by atoms with van der Waals surface area (Å²) in [5, 5.41) is 7.97. The molecule has 0 heterocycles. The lowest BCUT2D eigenvalue weighted by Crippen LogP contribution is -2.35. The monoisotopic (exact) mass is 351 g/mol. The van der Waals surface area contributed by atoms with Crippen LogP contribution in [0, 0.1) is 6.92 Å². The molecule has 26 heavy (non-hydrogen) atoms. The first kappa shape index (κ1) is 17.7. The molecule has 1 saturated carbocycles. The van der Waals surface area contributed by atoms with Crippen molar-refractivity contribution in [1.82, 2.24) is 10.6 Å². The standard InChI is InChI=1S/C20H21N3O3/c1-13-6-8-14(9-7-13)12-21-19(25)20(26)23-17-5-3-2-4-16(17)18(24)22-15-10-11-15/h2-9,15H,10-12H2,1H3,(H,21,25)(H,22,24)(H,23,26). The van der Waals surface area contributed by atoms with E-state index in [-0.39, 0.29) is 18.5 Å². The Hall–Kier alpha value is -3.15. The highest BCUT2D eigenvalue weighted by molar-refractivity contribution is 6.40. The van der Waals surface area contributed by atoms with E-state index in [2.05, 4.69) is 16.0 Å². The van der Waals surface area contributed by atoms with Crippen LogP contribution in [0.2, 0.25) is 0 Å². The van der Waals surface area contributed by atoms with Crippen molar-refractivity contribution < 1.29 is 14.4 Å². The average Bonchev–Trinajstić information content (AvgIpc) is 3.45. The summed E-state index contributed by atoms with van der Waals surface area (Å²) in [6.07, 6.45) is 1.95. The van der Waals surface area contributed by atoms with E-state index in [1.807, 2.05) is 31.2 Å². The molecule has 1 aliphatic carbocycles. The molecule has 0 saturated heterocycles. The van der Waals surface area contributed by atoms with Gasteiger partial charge in [0.2, 0.25) is 0 Å². The van der Waals surface area contributed by atoms with Crippen molar-refractivity contribution in [2.75, 3.05) is 5.32 Å². The molecule has 134 valence electrons. The topological polar surface area (TPSA) is 87.3 Å². The molecule has 0 bridgehead atoms. The summed E-state index contributed by atoms with van der Waals surface area (Å²) in [5.41, 5.74) is 2.69. The fourth-order valence-corrected chi connectivity index (χ4v) is 2.43. The quantitative estimate of drug-likeness (QED) is 0.721. The summed E-state index contributed by atoms with van der Waals surface area (Å²) in [6.45, 7) is 2.24. The fourth-order valence-electron chi connectivity index (χ4n) is 2.43. The SMILES string of the molecule is Cc1ccc(CNC(=O)C(=O)Nc2ccccc2C(=O)NC2CC2)cc1. The van der Waals surface area contributed by atoms with Crippen LogP contribution in [-0.2, 0) is 16.1 Å². The Bertz CT molecular complexity index is 826. The van der Waals surface area contributed by atoms with E-state index >= 15 is 0 Å². The Labute approximate surface area is 152 Å². The number of hydrogen-bond acceptors (Lipinski definition) is 3. The number of rotatable bonds is 5. The lowest BCUT2D eigenvalue weighted by molar-refractivity contribution is -0.136. The highest BCUT2D eigenvalue weighted by atomic mass is 16.2. The van der Waals surface area contributed by atoms with Crippen molar-refractivity contribution in [3.8, 4) is 0 Å². The Morgan fingerprint density at radius 1 is 0.962 bits per heavy atom. The van der Waals surface area contributed by atoms with E-state index < -0.39 is 11.8 Å². The Morgan fingerprint density at radius 2 is 1.65 bits per heavy atom. The van der Waals surface area contributed by atoms with E-state index in [0.717, 1.165) is 24.0 Å². The van der Waals surface area contributed by atoms with Gasteiger partial charge < -0.3 is 16.0 Å². The zero-order valence-corrected chi connectivity index (χ0v) is 14.5.